The van der Waals surface area contributed by atoms with Crippen LogP contribution in [0.3, 0.4) is 0 Å². The first-order chi connectivity index (χ1) is 6.15. The van der Waals surface area contributed by atoms with Crippen molar-refractivity contribution in [2.24, 2.45) is 0 Å². The fraction of sp³-hybridized carbons (Fsp3) is 0.222. The Morgan fingerprint density at radius 3 is 2.77 bits per heavy atom. The van der Waals surface area contributed by atoms with Crippen molar-refractivity contribution in [3.63, 3.8) is 0 Å². The van der Waals surface area contributed by atoms with Crippen LogP contribution < -0.4 is 5.32 Å². The second kappa shape index (κ2) is 4.49. The zero-order valence-electron chi connectivity index (χ0n) is 7.10. The standard InChI is InChI=1S/C9H9Cl2NO/c1-2-12-9(13)7-5-6(10)3-4-8(7)11/h3-5H,2H2,1H3,(H,12,13). The molecule has 1 aromatic rings. The molecule has 0 fully saturated rings. The van der Waals surface area contributed by atoms with E-state index in [1.165, 1.54) is 0 Å². The maximum atomic E-state index is 11.4. The molecule has 0 spiro atoms. The Kier molecular flexibility index (Phi) is 3.58. The normalized spacial score (nSPS) is 9.77. The fourth-order valence-electron chi connectivity index (χ4n) is 0.927. The molecule has 13 heavy (non-hydrogen) atoms. The van der Waals surface area contributed by atoms with E-state index in [1.807, 2.05) is 6.92 Å². The van der Waals surface area contributed by atoms with Crippen molar-refractivity contribution in [3.8, 4) is 0 Å². The topological polar surface area (TPSA) is 29.1 Å². The molecule has 0 unspecified atom stereocenters. The Bertz CT molecular complexity index is 325. The summed E-state index contributed by atoms with van der Waals surface area (Å²) in [6.45, 7) is 2.41. The number of carbonyl (C=O) groups is 1. The predicted molar refractivity (Wildman–Crippen MR) is 54.5 cm³/mol. The number of benzene rings is 1. The number of nitrogens with one attached hydrogen (secondary N) is 1. The van der Waals surface area contributed by atoms with Crippen molar-refractivity contribution in [1.29, 1.82) is 0 Å². The summed E-state index contributed by atoms with van der Waals surface area (Å²) in [4.78, 5) is 11.4. The molecule has 0 heterocycles. The number of amides is 1. The highest BCUT2D eigenvalue weighted by Gasteiger charge is 2.08. The number of rotatable bonds is 2. The van der Waals surface area contributed by atoms with Crippen LogP contribution in [-0.2, 0) is 0 Å². The fourth-order valence-corrected chi connectivity index (χ4v) is 1.30. The Labute approximate surface area is 86.8 Å². The molecule has 0 aliphatic carbocycles. The van der Waals surface area contributed by atoms with Crippen LogP contribution in [0.15, 0.2) is 18.2 Å². The first-order valence-electron chi connectivity index (χ1n) is 3.88. The molecule has 1 amide bonds. The maximum absolute atomic E-state index is 11.4. The van der Waals surface area contributed by atoms with Crippen LogP contribution in [-0.4, -0.2) is 12.5 Å². The number of halogens is 2. The Hall–Kier alpha value is -0.730. The molecule has 4 heteroatoms. The van der Waals surface area contributed by atoms with Crippen molar-refractivity contribution in [3.05, 3.63) is 33.8 Å². The maximum Gasteiger partial charge on any atom is 0.252 e. The third-order valence-electron chi connectivity index (χ3n) is 1.51. The molecule has 0 aliphatic heterocycles. The average molecular weight is 218 g/mol. The van der Waals surface area contributed by atoms with Gasteiger partial charge in [-0.3, -0.25) is 4.79 Å². The van der Waals surface area contributed by atoms with E-state index in [9.17, 15) is 4.79 Å². The zero-order chi connectivity index (χ0) is 9.84. The van der Waals surface area contributed by atoms with Gasteiger partial charge in [-0.05, 0) is 25.1 Å². The van der Waals surface area contributed by atoms with Crippen molar-refractivity contribution in [2.75, 3.05) is 6.54 Å². The van der Waals surface area contributed by atoms with Gasteiger partial charge in [0.05, 0.1) is 10.6 Å². The minimum absolute atomic E-state index is 0.199. The predicted octanol–water partition coefficient (Wildman–Crippen LogP) is 2.74. The second-order valence-corrected chi connectivity index (χ2v) is 3.33. The third-order valence-corrected chi connectivity index (χ3v) is 2.08. The van der Waals surface area contributed by atoms with Crippen LogP contribution in [0.25, 0.3) is 0 Å². The largest absolute Gasteiger partial charge is 0.352 e. The molecule has 1 aromatic carbocycles. The summed E-state index contributed by atoms with van der Waals surface area (Å²) in [5.41, 5.74) is 0.413. The summed E-state index contributed by atoms with van der Waals surface area (Å²) in [6.07, 6.45) is 0. The van der Waals surface area contributed by atoms with Gasteiger partial charge < -0.3 is 5.32 Å². The van der Waals surface area contributed by atoms with E-state index >= 15 is 0 Å². The van der Waals surface area contributed by atoms with Crippen LogP contribution in [0.2, 0.25) is 10.0 Å². The third kappa shape index (κ3) is 2.61. The highest BCUT2D eigenvalue weighted by molar-refractivity contribution is 6.35. The lowest BCUT2D eigenvalue weighted by atomic mass is 10.2. The van der Waals surface area contributed by atoms with Crippen LogP contribution in [0, 0.1) is 0 Å². The summed E-state index contributed by atoms with van der Waals surface area (Å²) in [6, 6.07) is 4.80. The van der Waals surface area contributed by atoms with Gasteiger partial charge in [-0.2, -0.15) is 0 Å². The Balaban J connectivity index is 2.99. The first kappa shape index (κ1) is 10.4. The number of hydrogen-bond acceptors (Lipinski definition) is 1. The molecular weight excluding hydrogens is 209 g/mol. The summed E-state index contributed by atoms with van der Waals surface area (Å²) < 4.78 is 0. The zero-order valence-corrected chi connectivity index (χ0v) is 8.62. The molecule has 0 atom stereocenters. The molecule has 0 radical (unpaired) electrons. The van der Waals surface area contributed by atoms with Crippen molar-refractivity contribution >= 4 is 29.1 Å². The number of hydrogen-bond donors (Lipinski definition) is 1. The van der Waals surface area contributed by atoms with Gasteiger partial charge >= 0.3 is 0 Å². The van der Waals surface area contributed by atoms with Gasteiger partial charge in [0.15, 0.2) is 0 Å². The van der Waals surface area contributed by atoms with Crippen molar-refractivity contribution in [1.82, 2.24) is 5.32 Å². The lowest BCUT2D eigenvalue weighted by molar-refractivity contribution is 0.0956. The van der Waals surface area contributed by atoms with Gasteiger partial charge in [-0.25, -0.2) is 0 Å². The monoisotopic (exact) mass is 217 g/mol. The molecule has 0 aromatic heterocycles. The minimum Gasteiger partial charge on any atom is -0.352 e. The van der Waals surface area contributed by atoms with E-state index in [2.05, 4.69) is 5.32 Å². The molecule has 2 nitrogen and oxygen atoms in total. The van der Waals surface area contributed by atoms with E-state index in [4.69, 9.17) is 23.2 Å². The van der Waals surface area contributed by atoms with Gasteiger partial charge in [-0.15, -0.1) is 0 Å². The molecule has 0 aliphatic rings. The van der Waals surface area contributed by atoms with E-state index in [0.29, 0.717) is 22.2 Å². The van der Waals surface area contributed by atoms with Gasteiger partial charge in [0.25, 0.3) is 5.91 Å². The SMILES string of the molecule is CCNC(=O)c1cc(Cl)ccc1Cl. The average Bonchev–Trinajstić information content (AvgIpc) is 2.09. The molecule has 0 bridgehead atoms. The molecule has 1 N–H and O–H groups in total. The van der Waals surface area contributed by atoms with E-state index in [0.717, 1.165) is 0 Å². The molecule has 1 rings (SSSR count). The summed E-state index contributed by atoms with van der Waals surface area (Å²) in [7, 11) is 0. The number of carbonyl (C=O) groups excluding carboxylic acids is 1. The highest BCUT2D eigenvalue weighted by atomic mass is 35.5. The van der Waals surface area contributed by atoms with Crippen LogP contribution in [0.5, 0.6) is 0 Å². The summed E-state index contributed by atoms with van der Waals surface area (Å²) >= 11 is 11.5. The van der Waals surface area contributed by atoms with Gasteiger partial charge in [0.2, 0.25) is 0 Å². The van der Waals surface area contributed by atoms with Crippen molar-refractivity contribution < 1.29 is 4.79 Å². The lowest BCUT2D eigenvalue weighted by Gasteiger charge is -2.04. The van der Waals surface area contributed by atoms with E-state index in [-0.39, 0.29) is 5.91 Å². The Morgan fingerprint density at radius 2 is 2.15 bits per heavy atom. The van der Waals surface area contributed by atoms with E-state index < -0.39 is 0 Å². The Morgan fingerprint density at radius 1 is 1.46 bits per heavy atom. The highest BCUT2D eigenvalue weighted by Crippen LogP contribution is 2.20. The van der Waals surface area contributed by atoms with Crippen molar-refractivity contribution in [2.45, 2.75) is 6.92 Å². The minimum atomic E-state index is -0.199. The van der Waals surface area contributed by atoms with Crippen LogP contribution >= 0.6 is 23.2 Å². The van der Waals surface area contributed by atoms with Crippen LogP contribution in [0.1, 0.15) is 17.3 Å². The van der Waals surface area contributed by atoms with Gasteiger partial charge in [-0.1, -0.05) is 23.2 Å². The summed E-state index contributed by atoms with van der Waals surface area (Å²) in [5.74, 6) is -0.199. The molecule has 0 saturated heterocycles. The first-order valence-corrected chi connectivity index (χ1v) is 4.64. The summed E-state index contributed by atoms with van der Waals surface area (Å²) in [5, 5.41) is 3.57. The quantitative estimate of drug-likeness (QED) is 0.812. The molecule has 70 valence electrons. The van der Waals surface area contributed by atoms with E-state index in [1.54, 1.807) is 18.2 Å². The molecular formula is C9H9Cl2NO. The second-order valence-electron chi connectivity index (χ2n) is 2.48. The van der Waals surface area contributed by atoms with Crippen LogP contribution in [0.4, 0.5) is 0 Å². The lowest BCUT2D eigenvalue weighted by Crippen LogP contribution is -2.22. The van der Waals surface area contributed by atoms with Gasteiger partial charge in [0.1, 0.15) is 0 Å². The smallest absolute Gasteiger partial charge is 0.252 e. The van der Waals surface area contributed by atoms with Gasteiger partial charge in [0, 0.05) is 11.6 Å². The molecule has 0 saturated carbocycles.